The van der Waals surface area contributed by atoms with Crippen molar-refractivity contribution in [3.8, 4) is 44.9 Å². The highest BCUT2D eigenvalue weighted by molar-refractivity contribution is 7.99. The smallest absolute Gasteiger partial charge is 0.333 e. The second-order valence-electron chi connectivity index (χ2n) is 17.7. The van der Waals surface area contributed by atoms with Crippen molar-refractivity contribution in [2.24, 2.45) is 0 Å². The van der Waals surface area contributed by atoms with Crippen molar-refractivity contribution in [2.45, 2.75) is 48.3 Å². The summed E-state index contributed by atoms with van der Waals surface area (Å²) in [6.45, 7) is 9.52. The van der Waals surface area contributed by atoms with E-state index in [0.717, 1.165) is 28.6 Å². The van der Waals surface area contributed by atoms with Crippen LogP contribution in [-0.2, 0) is 10.8 Å². The summed E-state index contributed by atoms with van der Waals surface area (Å²) in [5.74, 6) is 1.77. The fourth-order valence-corrected chi connectivity index (χ4v) is 12.5. The van der Waals surface area contributed by atoms with E-state index in [9.17, 15) is 0 Å². The van der Waals surface area contributed by atoms with E-state index in [2.05, 4.69) is 201 Å². The largest absolute Gasteiger partial charge is 0.453 e. The molecule has 0 bridgehead atoms. The highest BCUT2D eigenvalue weighted by atomic mass is 32.2. The lowest BCUT2D eigenvalue weighted by Gasteiger charge is -2.48. The van der Waals surface area contributed by atoms with Crippen molar-refractivity contribution >= 4 is 58.0 Å². The third-order valence-corrected chi connectivity index (χ3v) is 15.0. The second-order valence-corrected chi connectivity index (χ2v) is 18.7. The number of hydrogen-bond donors (Lipinski definition) is 0. The molecule has 0 radical (unpaired) electrons. The van der Waals surface area contributed by atoms with E-state index >= 15 is 0 Å². The minimum atomic E-state index is -0.203. The average molecular weight is 775 g/mol. The number of benzene rings is 8. The summed E-state index contributed by atoms with van der Waals surface area (Å²) in [5.41, 5.74) is 21.3. The van der Waals surface area contributed by atoms with Gasteiger partial charge in [-0.05, 0) is 110 Å². The van der Waals surface area contributed by atoms with Crippen LogP contribution >= 0.6 is 11.8 Å². The van der Waals surface area contributed by atoms with Crippen LogP contribution in [0.5, 0.6) is 11.5 Å². The Balaban J connectivity index is 1.17. The predicted molar refractivity (Wildman–Crippen MR) is 246 cm³/mol. The maximum absolute atomic E-state index is 6.85. The second kappa shape index (κ2) is 11.6. The molecule has 1 aliphatic carbocycles. The molecule has 8 aromatic carbocycles. The number of anilines is 5. The van der Waals surface area contributed by atoms with Crippen LogP contribution in [-0.4, -0.2) is 6.85 Å². The molecule has 0 unspecified atom stereocenters. The summed E-state index contributed by atoms with van der Waals surface area (Å²) >= 11 is 1.91. The molecule has 0 atom stereocenters. The van der Waals surface area contributed by atoms with Gasteiger partial charge in [0, 0.05) is 43.1 Å². The quantitative estimate of drug-likeness (QED) is 0.163. The van der Waals surface area contributed by atoms with Gasteiger partial charge in [-0.2, -0.15) is 0 Å². The lowest BCUT2D eigenvalue weighted by Crippen LogP contribution is -2.62. The van der Waals surface area contributed by atoms with Crippen molar-refractivity contribution in [3.63, 3.8) is 0 Å². The van der Waals surface area contributed by atoms with Crippen LogP contribution in [0.15, 0.2) is 174 Å². The van der Waals surface area contributed by atoms with Gasteiger partial charge in [0.2, 0.25) is 0 Å². The molecule has 4 aliphatic heterocycles. The maximum Gasteiger partial charge on any atom is 0.333 e. The van der Waals surface area contributed by atoms with Gasteiger partial charge in [-0.1, -0.05) is 149 Å². The zero-order valence-electron chi connectivity index (χ0n) is 33.4. The molecule has 4 heterocycles. The predicted octanol–water partition coefficient (Wildman–Crippen LogP) is 13.3. The van der Waals surface area contributed by atoms with Gasteiger partial charge in [0.05, 0.1) is 17.1 Å². The van der Waals surface area contributed by atoms with Gasteiger partial charge >= 0.3 is 6.85 Å². The summed E-state index contributed by atoms with van der Waals surface area (Å²) in [7, 11) is 0. The Morgan fingerprint density at radius 3 is 2.02 bits per heavy atom. The van der Waals surface area contributed by atoms with Crippen molar-refractivity contribution in [3.05, 3.63) is 186 Å². The summed E-state index contributed by atoms with van der Waals surface area (Å²) in [5, 5.41) is 0. The molecule has 280 valence electrons. The Morgan fingerprint density at radius 2 is 1.17 bits per heavy atom. The number of rotatable bonds is 2. The number of ether oxygens (including phenoxy) is 1. The first kappa shape index (κ1) is 33.5. The Hall–Kier alpha value is -6.43. The monoisotopic (exact) mass is 774 g/mol. The fourth-order valence-electron chi connectivity index (χ4n) is 11.0. The molecular weight excluding hydrogens is 735 g/mol. The van der Waals surface area contributed by atoms with Gasteiger partial charge < -0.3 is 14.4 Å². The van der Waals surface area contributed by atoms with E-state index in [-0.39, 0.29) is 17.7 Å². The van der Waals surface area contributed by atoms with Gasteiger partial charge in [0.25, 0.3) is 0 Å². The molecule has 5 aliphatic rings. The Labute approximate surface area is 350 Å². The van der Waals surface area contributed by atoms with Gasteiger partial charge in [0.15, 0.2) is 11.5 Å². The molecule has 0 aromatic heterocycles. The minimum absolute atomic E-state index is 0.122. The van der Waals surface area contributed by atoms with E-state index in [1.54, 1.807) is 0 Å². The topological polar surface area (TPSA) is 15.7 Å². The van der Waals surface area contributed by atoms with Gasteiger partial charge in [-0.15, -0.1) is 0 Å². The van der Waals surface area contributed by atoms with Crippen LogP contribution in [0.2, 0.25) is 0 Å². The van der Waals surface area contributed by atoms with Crippen molar-refractivity contribution in [1.82, 2.24) is 0 Å². The Kier molecular flexibility index (Phi) is 6.60. The highest BCUT2D eigenvalue weighted by Gasteiger charge is 2.52. The van der Waals surface area contributed by atoms with Crippen LogP contribution in [0.1, 0.15) is 49.9 Å². The molecular formula is C54H39BN2OS. The van der Waals surface area contributed by atoms with Crippen LogP contribution in [0, 0.1) is 0 Å². The zero-order chi connectivity index (χ0) is 39.4. The van der Waals surface area contributed by atoms with Crippen molar-refractivity contribution in [2.75, 3.05) is 9.71 Å². The maximum atomic E-state index is 6.85. The molecule has 13 rings (SSSR count). The molecule has 0 spiro atoms. The van der Waals surface area contributed by atoms with E-state index in [1.807, 2.05) is 11.8 Å². The molecule has 0 saturated carbocycles. The van der Waals surface area contributed by atoms with E-state index in [4.69, 9.17) is 4.74 Å². The average Bonchev–Trinajstić information content (AvgIpc) is 3.50. The van der Waals surface area contributed by atoms with Gasteiger partial charge in [0.1, 0.15) is 0 Å². The lowest BCUT2D eigenvalue weighted by atomic mass is 9.43. The van der Waals surface area contributed by atoms with Crippen molar-refractivity contribution < 1.29 is 4.74 Å². The summed E-state index contributed by atoms with van der Waals surface area (Å²) < 4.78 is 6.85. The first-order chi connectivity index (χ1) is 28.8. The number of nitrogens with zero attached hydrogens (tertiary/aromatic N) is 2. The first-order valence-electron chi connectivity index (χ1n) is 20.7. The Morgan fingerprint density at radius 1 is 0.492 bits per heavy atom. The van der Waals surface area contributed by atoms with Crippen LogP contribution < -0.4 is 25.4 Å². The SMILES string of the molecule is CC1(C)c2ccccc2Sc2cc3c(cc21)-c1cc2c(c4c1B(c1cccc5c1N4c1ccccc1O5)N3c1ccc(-c3ccccc3)cc1)-c1ccccc1C2(C)C. The Bertz CT molecular complexity index is 3130. The van der Waals surface area contributed by atoms with Crippen LogP contribution in [0.3, 0.4) is 0 Å². The molecule has 59 heavy (non-hydrogen) atoms. The number of para-hydroxylation sites is 3. The molecule has 0 amide bonds. The molecule has 5 heteroatoms. The van der Waals surface area contributed by atoms with E-state index < -0.39 is 0 Å². The van der Waals surface area contributed by atoms with Crippen molar-refractivity contribution in [1.29, 1.82) is 0 Å². The fraction of sp³-hybridized carbons (Fsp3) is 0.111. The highest BCUT2D eigenvalue weighted by Crippen LogP contribution is 2.62. The summed E-state index contributed by atoms with van der Waals surface area (Å²) in [6, 6.07) is 61.0. The van der Waals surface area contributed by atoms with E-state index in [1.165, 1.54) is 87.7 Å². The van der Waals surface area contributed by atoms with Gasteiger partial charge in [-0.25, -0.2) is 0 Å². The normalized spacial score (nSPS) is 16.0. The first-order valence-corrected chi connectivity index (χ1v) is 21.5. The molecule has 0 N–H and O–H groups in total. The number of fused-ring (bicyclic) bond motifs is 12. The summed E-state index contributed by atoms with van der Waals surface area (Å²) in [4.78, 5) is 7.86. The third kappa shape index (κ3) is 4.36. The number of hydrogen-bond acceptors (Lipinski definition) is 4. The lowest BCUT2D eigenvalue weighted by molar-refractivity contribution is 0.477. The van der Waals surface area contributed by atoms with Crippen LogP contribution in [0.4, 0.5) is 28.4 Å². The van der Waals surface area contributed by atoms with E-state index in [0.29, 0.717) is 0 Å². The standard InChI is InChI=1S/C54H39BN2OS/c1-53(2)38-18-9-8-17-35(38)49-41(53)30-37-36-29-40-48(59-47-24-13-10-19-39(47)54(40,3)4)31-44(36)57(34-27-25-33(26-28-34)32-15-6-5-7-16-32)55-42-20-14-23-46-51(42)56(52(49)50(37)55)43-21-11-12-22-45(43)58-46/h5-31H,1-4H3. The third-order valence-electron chi connectivity index (χ3n) is 13.9. The molecule has 3 nitrogen and oxygen atoms in total. The summed E-state index contributed by atoms with van der Waals surface area (Å²) in [6.07, 6.45) is 0. The molecule has 0 fully saturated rings. The molecule has 8 aromatic rings. The van der Waals surface area contributed by atoms with Crippen LogP contribution in [0.25, 0.3) is 33.4 Å². The molecule has 0 saturated heterocycles. The zero-order valence-corrected chi connectivity index (χ0v) is 34.2. The van der Waals surface area contributed by atoms with Gasteiger partial charge in [-0.3, -0.25) is 0 Å². The minimum Gasteiger partial charge on any atom is -0.453 e.